The van der Waals surface area contributed by atoms with Crippen LogP contribution in [0.4, 0.5) is 13.2 Å². The number of nitrogens with zero attached hydrogens (tertiary/aromatic N) is 2. The van der Waals surface area contributed by atoms with Gasteiger partial charge in [0.15, 0.2) is 11.5 Å². The van der Waals surface area contributed by atoms with Crippen molar-refractivity contribution in [2.24, 2.45) is 0 Å². The average Bonchev–Trinajstić information content (AvgIpc) is 2.99. The van der Waals surface area contributed by atoms with Crippen LogP contribution >= 0.6 is 0 Å². The topological polar surface area (TPSA) is 56.5 Å². The summed E-state index contributed by atoms with van der Waals surface area (Å²) < 4.78 is 51.4. The molecule has 1 heterocycles. The molecule has 3 aromatic rings. The maximum absolute atomic E-state index is 13.3. The van der Waals surface area contributed by atoms with Crippen molar-refractivity contribution >= 4 is 11.0 Å². The van der Waals surface area contributed by atoms with E-state index in [0.717, 1.165) is 4.57 Å². The standard InChI is InChI=1S/C18H17F3N2O3/c1-25-15-8-4-5-9-16(15)26-11-12(24)10-23-14-7-3-2-6-13(14)22-17(23)18(19,20)21/h2-9,12,24H,10-11H2,1H3/t12-/m1/s1. The lowest BCUT2D eigenvalue weighted by Crippen LogP contribution is -2.26. The lowest BCUT2D eigenvalue weighted by molar-refractivity contribution is -0.147. The minimum Gasteiger partial charge on any atom is -0.493 e. The van der Waals surface area contributed by atoms with Crippen LogP contribution in [0.15, 0.2) is 48.5 Å². The minimum atomic E-state index is -4.62. The van der Waals surface area contributed by atoms with E-state index in [9.17, 15) is 18.3 Å². The third-order valence-electron chi connectivity index (χ3n) is 3.80. The summed E-state index contributed by atoms with van der Waals surface area (Å²) >= 11 is 0. The average molecular weight is 366 g/mol. The molecule has 0 bridgehead atoms. The molecule has 1 N–H and O–H groups in total. The molecule has 0 amide bonds. The van der Waals surface area contributed by atoms with Gasteiger partial charge in [-0.05, 0) is 24.3 Å². The maximum Gasteiger partial charge on any atom is 0.449 e. The second-order valence-corrected chi connectivity index (χ2v) is 5.65. The molecule has 1 aromatic heterocycles. The number of hydrogen-bond donors (Lipinski definition) is 1. The third-order valence-corrected chi connectivity index (χ3v) is 3.80. The molecule has 3 rings (SSSR count). The molecule has 0 radical (unpaired) electrons. The van der Waals surface area contributed by atoms with Gasteiger partial charge in [-0.25, -0.2) is 4.98 Å². The second-order valence-electron chi connectivity index (χ2n) is 5.65. The van der Waals surface area contributed by atoms with Crippen molar-refractivity contribution < 1.29 is 27.8 Å². The number of aliphatic hydroxyl groups is 1. The molecule has 2 aromatic carbocycles. The Kier molecular flexibility index (Phi) is 5.03. The van der Waals surface area contributed by atoms with Gasteiger partial charge in [-0.3, -0.25) is 0 Å². The number of ether oxygens (including phenoxy) is 2. The van der Waals surface area contributed by atoms with E-state index in [-0.39, 0.29) is 18.7 Å². The van der Waals surface area contributed by atoms with Crippen molar-refractivity contribution in [2.45, 2.75) is 18.8 Å². The van der Waals surface area contributed by atoms with Crippen molar-refractivity contribution in [3.63, 3.8) is 0 Å². The van der Waals surface area contributed by atoms with Gasteiger partial charge in [0, 0.05) is 0 Å². The number of para-hydroxylation sites is 4. The van der Waals surface area contributed by atoms with E-state index in [1.54, 1.807) is 36.4 Å². The van der Waals surface area contributed by atoms with Gasteiger partial charge in [0.25, 0.3) is 0 Å². The number of halogens is 3. The lowest BCUT2D eigenvalue weighted by atomic mass is 10.3. The SMILES string of the molecule is COc1ccccc1OC[C@H](O)Cn1c(C(F)(F)F)nc2ccccc21. The van der Waals surface area contributed by atoms with Crippen LogP contribution in [0.2, 0.25) is 0 Å². The summed E-state index contributed by atoms with van der Waals surface area (Å²) in [7, 11) is 1.48. The number of methoxy groups -OCH3 is 1. The van der Waals surface area contributed by atoms with Crippen LogP contribution in [-0.2, 0) is 12.7 Å². The van der Waals surface area contributed by atoms with Crippen LogP contribution in [-0.4, -0.2) is 34.5 Å². The molecule has 0 aliphatic carbocycles. The molecule has 0 aliphatic heterocycles. The molecule has 0 spiro atoms. The Hall–Kier alpha value is -2.74. The van der Waals surface area contributed by atoms with E-state index < -0.39 is 18.1 Å². The molecule has 0 unspecified atom stereocenters. The van der Waals surface area contributed by atoms with Crippen molar-refractivity contribution in [1.82, 2.24) is 9.55 Å². The third kappa shape index (κ3) is 3.75. The highest BCUT2D eigenvalue weighted by Gasteiger charge is 2.37. The van der Waals surface area contributed by atoms with Crippen molar-refractivity contribution in [2.75, 3.05) is 13.7 Å². The fraction of sp³-hybridized carbons (Fsp3) is 0.278. The highest BCUT2D eigenvalue weighted by atomic mass is 19.4. The zero-order chi connectivity index (χ0) is 18.7. The molecule has 0 aliphatic rings. The highest BCUT2D eigenvalue weighted by molar-refractivity contribution is 5.76. The first-order valence-electron chi connectivity index (χ1n) is 7.86. The molecular formula is C18H17F3N2O3. The normalized spacial score (nSPS) is 13.0. The zero-order valence-electron chi connectivity index (χ0n) is 13.9. The molecule has 8 heteroatoms. The fourth-order valence-electron chi connectivity index (χ4n) is 2.66. The number of benzene rings is 2. The first-order valence-corrected chi connectivity index (χ1v) is 7.86. The van der Waals surface area contributed by atoms with Crippen molar-refractivity contribution in [1.29, 1.82) is 0 Å². The fourth-order valence-corrected chi connectivity index (χ4v) is 2.66. The molecule has 26 heavy (non-hydrogen) atoms. The number of rotatable bonds is 6. The Morgan fingerprint density at radius 2 is 1.73 bits per heavy atom. The first kappa shape index (κ1) is 18.1. The van der Waals surface area contributed by atoms with Gasteiger partial charge in [-0.1, -0.05) is 24.3 Å². The van der Waals surface area contributed by atoms with Crippen molar-refractivity contribution in [3.05, 3.63) is 54.4 Å². The Morgan fingerprint density at radius 1 is 1.08 bits per heavy atom. The van der Waals surface area contributed by atoms with E-state index >= 15 is 0 Å². The molecule has 5 nitrogen and oxygen atoms in total. The number of aromatic nitrogens is 2. The van der Waals surface area contributed by atoms with Gasteiger partial charge >= 0.3 is 6.18 Å². The molecule has 0 saturated heterocycles. The van der Waals surface area contributed by atoms with Gasteiger partial charge in [-0.2, -0.15) is 13.2 Å². The van der Waals surface area contributed by atoms with Crippen LogP contribution < -0.4 is 9.47 Å². The minimum absolute atomic E-state index is 0.190. The van der Waals surface area contributed by atoms with Gasteiger partial charge in [-0.15, -0.1) is 0 Å². The van der Waals surface area contributed by atoms with E-state index in [1.165, 1.54) is 19.2 Å². The lowest BCUT2D eigenvalue weighted by Gasteiger charge is -2.17. The quantitative estimate of drug-likeness (QED) is 0.725. The maximum atomic E-state index is 13.3. The summed E-state index contributed by atoms with van der Waals surface area (Å²) in [6, 6.07) is 13.1. The number of alkyl halides is 3. The molecule has 0 saturated carbocycles. The summed E-state index contributed by atoms with van der Waals surface area (Å²) in [4.78, 5) is 3.65. The van der Waals surface area contributed by atoms with Crippen LogP contribution in [0.3, 0.4) is 0 Å². The largest absolute Gasteiger partial charge is 0.493 e. The number of aliphatic hydroxyl groups excluding tert-OH is 1. The molecule has 0 fully saturated rings. The van der Waals surface area contributed by atoms with Gasteiger partial charge in [0.2, 0.25) is 5.82 Å². The Bertz CT molecular complexity index is 893. The smallest absolute Gasteiger partial charge is 0.449 e. The summed E-state index contributed by atoms with van der Waals surface area (Å²) in [5.41, 5.74) is 0.522. The van der Waals surface area contributed by atoms with E-state index in [2.05, 4.69) is 4.98 Å². The molecule has 138 valence electrons. The summed E-state index contributed by atoms with van der Waals surface area (Å²) in [5.74, 6) is -0.167. The molecule has 1 atom stereocenters. The summed E-state index contributed by atoms with van der Waals surface area (Å²) in [5, 5.41) is 10.2. The number of fused-ring (bicyclic) bond motifs is 1. The highest BCUT2D eigenvalue weighted by Crippen LogP contribution is 2.32. The Morgan fingerprint density at radius 3 is 2.42 bits per heavy atom. The van der Waals surface area contributed by atoms with Gasteiger partial charge in [0.05, 0.1) is 24.7 Å². The van der Waals surface area contributed by atoms with Gasteiger partial charge in [0.1, 0.15) is 12.7 Å². The van der Waals surface area contributed by atoms with Crippen LogP contribution in [0.5, 0.6) is 11.5 Å². The van der Waals surface area contributed by atoms with E-state index in [1.807, 2.05) is 0 Å². The summed E-state index contributed by atoms with van der Waals surface area (Å²) in [6.45, 7) is -0.491. The Labute approximate surface area is 147 Å². The number of hydrogen-bond acceptors (Lipinski definition) is 4. The second kappa shape index (κ2) is 7.25. The van der Waals surface area contributed by atoms with Gasteiger partial charge < -0.3 is 19.1 Å². The Balaban J connectivity index is 1.80. The summed E-state index contributed by atoms with van der Waals surface area (Å²) in [6.07, 6.45) is -5.79. The predicted molar refractivity (Wildman–Crippen MR) is 89.2 cm³/mol. The van der Waals surface area contributed by atoms with E-state index in [0.29, 0.717) is 17.0 Å². The predicted octanol–water partition coefficient (Wildman–Crippen LogP) is 3.50. The van der Waals surface area contributed by atoms with Crippen LogP contribution in [0.1, 0.15) is 5.82 Å². The molecular weight excluding hydrogens is 349 g/mol. The number of imidazole rings is 1. The first-order chi connectivity index (χ1) is 12.4. The van der Waals surface area contributed by atoms with Crippen LogP contribution in [0.25, 0.3) is 11.0 Å². The van der Waals surface area contributed by atoms with E-state index in [4.69, 9.17) is 9.47 Å². The van der Waals surface area contributed by atoms with Crippen molar-refractivity contribution in [3.8, 4) is 11.5 Å². The van der Waals surface area contributed by atoms with Crippen LogP contribution in [0, 0.1) is 0 Å². The monoisotopic (exact) mass is 366 g/mol. The zero-order valence-corrected chi connectivity index (χ0v) is 13.9.